The summed E-state index contributed by atoms with van der Waals surface area (Å²) in [6.45, 7) is 6.41. The number of halogens is 1. The summed E-state index contributed by atoms with van der Waals surface area (Å²) >= 11 is 0. The molecule has 1 atom stereocenters. The second-order valence-electron chi connectivity index (χ2n) is 5.72. The number of benzene rings is 1. The maximum atomic E-state index is 13.0. The van der Waals surface area contributed by atoms with E-state index in [9.17, 15) is 9.18 Å². The van der Waals surface area contributed by atoms with Crippen molar-refractivity contribution in [1.82, 2.24) is 10.2 Å². The van der Waals surface area contributed by atoms with Crippen LogP contribution in [0.5, 0.6) is 0 Å². The Kier molecular flexibility index (Phi) is 5.70. The van der Waals surface area contributed by atoms with Crippen molar-refractivity contribution in [3.63, 3.8) is 0 Å². The summed E-state index contributed by atoms with van der Waals surface area (Å²) in [6, 6.07) is 6.24. The van der Waals surface area contributed by atoms with Crippen molar-refractivity contribution < 1.29 is 13.9 Å². The van der Waals surface area contributed by atoms with E-state index >= 15 is 0 Å². The molecule has 0 saturated carbocycles. The molecule has 5 heteroatoms. The van der Waals surface area contributed by atoms with Crippen molar-refractivity contribution in [2.45, 2.75) is 26.4 Å². The van der Waals surface area contributed by atoms with Crippen LogP contribution in [-0.2, 0) is 9.53 Å². The Hall–Kier alpha value is -1.46. The predicted molar refractivity (Wildman–Crippen MR) is 79.1 cm³/mol. The second kappa shape index (κ2) is 7.52. The summed E-state index contributed by atoms with van der Waals surface area (Å²) in [5, 5.41) is 3.15. The van der Waals surface area contributed by atoms with Crippen LogP contribution in [0.2, 0.25) is 0 Å². The van der Waals surface area contributed by atoms with Crippen molar-refractivity contribution >= 4 is 5.91 Å². The van der Waals surface area contributed by atoms with Gasteiger partial charge in [0.2, 0.25) is 5.91 Å². The van der Waals surface area contributed by atoms with Gasteiger partial charge in [-0.05, 0) is 30.0 Å². The summed E-state index contributed by atoms with van der Waals surface area (Å²) < 4.78 is 18.6. The van der Waals surface area contributed by atoms with Crippen LogP contribution >= 0.6 is 0 Å². The Labute approximate surface area is 125 Å². The van der Waals surface area contributed by atoms with Crippen LogP contribution in [0.4, 0.5) is 4.39 Å². The molecule has 116 valence electrons. The molecule has 1 aliphatic rings. The molecule has 1 fully saturated rings. The number of nitrogens with one attached hydrogen (secondary N) is 1. The third-order valence-electron chi connectivity index (χ3n) is 3.58. The monoisotopic (exact) mass is 294 g/mol. The molecule has 1 aliphatic heterocycles. The molecule has 1 amide bonds. The molecule has 21 heavy (non-hydrogen) atoms. The zero-order valence-electron chi connectivity index (χ0n) is 12.6. The highest BCUT2D eigenvalue weighted by atomic mass is 19.1. The number of ether oxygens (including phenoxy) is 1. The molecule has 1 unspecified atom stereocenters. The molecule has 4 nitrogen and oxygen atoms in total. The third-order valence-corrected chi connectivity index (χ3v) is 3.58. The minimum atomic E-state index is -0.272. The number of amides is 1. The minimum Gasteiger partial charge on any atom is -0.380 e. The maximum Gasteiger partial charge on any atom is 0.238 e. The van der Waals surface area contributed by atoms with Gasteiger partial charge in [-0.15, -0.1) is 0 Å². The first-order chi connectivity index (χ1) is 10.1. The van der Waals surface area contributed by atoms with Crippen LogP contribution in [0.3, 0.4) is 0 Å². The van der Waals surface area contributed by atoms with Gasteiger partial charge in [0.15, 0.2) is 0 Å². The lowest BCUT2D eigenvalue weighted by atomic mass is 10.1. The standard InChI is InChI=1S/C16H23FN2O2/c1-12(2)7-9-21-10-8-19-15(20)11-18-16(19)13-3-5-14(17)6-4-13/h3-6,12,16,18H,7-11H2,1-2H3. The number of hydrogen-bond donors (Lipinski definition) is 1. The van der Waals surface area contributed by atoms with E-state index in [2.05, 4.69) is 19.2 Å². The Balaban J connectivity index is 1.87. The number of nitrogens with zero attached hydrogens (tertiary/aromatic N) is 1. The fraction of sp³-hybridized carbons (Fsp3) is 0.562. The number of rotatable bonds is 7. The molecule has 0 bridgehead atoms. The maximum absolute atomic E-state index is 13.0. The molecule has 2 rings (SSSR count). The van der Waals surface area contributed by atoms with Crippen molar-refractivity contribution in [2.24, 2.45) is 5.92 Å². The first-order valence-electron chi connectivity index (χ1n) is 7.44. The van der Waals surface area contributed by atoms with E-state index in [1.165, 1.54) is 12.1 Å². The predicted octanol–water partition coefficient (Wildman–Crippen LogP) is 2.32. The zero-order chi connectivity index (χ0) is 15.2. The van der Waals surface area contributed by atoms with E-state index in [0.29, 0.717) is 32.2 Å². The fourth-order valence-corrected chi connectivity index (χ4v) is 2.32. The lowest BCUT2D eigenvalue weighted by Crippen LogP contribution is -2.33. The van der Waals surface area contributed by atoms with Crippen molar-refractivity contribution in [2.75, 3.05) is 26.3 Å². The number of hydrogen-bond acceptors (Lipinski definition) is 3. The summed E-state index contributed by atoms with van der Waals surface area (Å²) in [4.78, 5) is 13.7. The van der Waals surface area contributed by atoms with Gasteiger partial charge in [-0.25, -0.2) is 4.39 Å². The molecule has 0 aromatic heterocycles. The minimum absolute atomic E-state index is 0.0526. The molecule has 1 N–H and O–H groups in total. The van der Waals surface area contributed by atoms with Crippen molar-refractivity contribution in [1.29, 1.82) is 0 Å². The Morgan fingerprint density at radius 1 is 1.33 bits per heavy atom. The first-order valence-corrected chi connectivity index (χ1v) is 7.44. The largest absolute Gasteiger partial charge is 0.380 e. The highest BCUT2D eigenvalue weighted by molar-refractivity contribution is 5.80. The van der Waals surface area contributed by atoms with E-state index in [1.54, 1.807) is 17.0 Å². The van der Waals surface area contributed by atoms with Gasteiger partial charge in [-0.1, -0.05) is 26.0 Å². The van der Waals surface area contributed by atoms with Gasteiger partial charge in [0, 0.05) is 13.2 Å². The smallest absolute Gasteiger partial charge is 0.238 e. The van der Waals surface area contributed by atoms with Gasteiger partial charge < -0.3 is 9.64 Å². The van der Waals surface area contributed by atoms with Gasteiger partial charge >= 0.3 is 0 Å². The first kappa shape index (κ1) is 15.9. The lowest BCUT2D eigenvalue weighted by molar-refractivity contribution is -0.128. The van der Waals surface area contributed by atoms with Crippen LogP contribution in [0.1, 0.15) is 32.0 Å². The molecule has 0 spiro atoms. The lowest BCUT2D eigenvalue weighted by Gasteiger charge is -2.24. The number of carbonyl (C=O) groups excluding carboxylic acids is 1. The van der Waals surface area contributed by atoms with Gasteiger partial charge in [-0.3, -0.25) is 10.1 Å². The van der Waals surface area contributed by atoms with Crippen LogP contribution in [-0.4, -0.2) is 37.1 Å². The van der Waals surface area contributed by atoms with Crippen LogP contribution in [0.15, 0.2) is 24.3 Å². The van der Waals surface area contributed by atoms with Gasteiger partial charge in [-0.2, -0.15) is 0 Å². The SMILES string of the molecule is CC(C)CCOCCN1C(=O)CNC1c1ccc(F)cc1. The second-order valence-corrected chi connectivity index (χ2v) is 5.72. The van der Waals surface area contributed by atoms with Crippen molar-refractivity contribution in [3.05, 3.63) is 35.6 Å². The molecule has 1 saturated heterocycles. The van der Waals surface area contributed by atoms with Crippen molar-refractivity contribution in [3.8, 4) is 0 Å². The molecular weight excluding hydrogens is 271 g/mol. The molecule has 0 radical (unpaired) electrons. The van der Waals surface area contributed by atoms with Gasteiger partial charge in [0.25, 0.3) is 0 Å². The van der Waals surface area contributed by atoms with E-state index in [0.717, 1.165) is 12.0 Å². The van der Waals surface area contributed by atoms with Crippen LogP contribution in [0.25, 0.3) is 0 Å². The van der Waals surface area contributed by atoms with Crippen LogP contribution in [0, 0.1) is 11.7 Å². The molecule has 1 heterocycles. The average molecular weight is 294 g/mol. The van der Waals surface area contributed by atoms with Crippen LogP contribution < -0.4 is 5.32 Å². The Morgan fingerprint density at radius 2 is 2.05 bits per heavy atom. The summed E-state index contributed by atoms with van der Waals surface area (Å²) in [6.07, 6.45) is 0.833. The Morgan fingerprint density at radius 3 is 2.71 bits per heavy atom. The number of carbonyl (C=O) groups is 1. The normalized spacial score (nSPS) is 18.8. The molecule has 1 aromatic rings. The summed E-state index contributed by atoms with van der Waals surface area (Å²) in [5.41, 5.74) is 0.893. The van der Waals surface area contributed by atoms with E-state index < -0.39 is 0 Å². The highest BCUT2D eigenvalue weighted by Gasteiger charge is 2.31. The van der Waals surface area contributed by atoms with E-state index in [-0.39, 0.29) is 17.9 Å². The topological polar surface area (TPSA) is 41.6 Å². The van der Waals surface area contributed by atoms with E-state index in [1.807, 2.05) is 0 Å². The quantitative estimate of drug-likeness (QED) is 0.785. The van der Waals surface area contributed by atoms with Gasteiger partial charge in [0.1, 0.15) is 12.0 Å². The fourth-order valence-electron chi connectivity index (χ4n) is 2.32. The zero-order valence-corrected chi connectivity index (χ0v) is 12.6. The molecular formula is C16H23FN2O2. The summed E-state index contributed by atoms with van der Waals surface area (Å²) in [7, 11) is 0. The highest BCUT2D eigenvalue weighted by Crippen LogP contribution is 2.22. The van der Waals surface area contributed by atoms with Gasteiger partial charge in [0.05, 0.1) is 13.2 Å². The average Bonchev–Trinajstić information content (AvgIpc) is 2.80. The molecule has 1 aromatic carbocycles. The molecule has 0 aliphatic carbocycles. The van der Waals surface area contributed by atoms with E-state index in [4.69, 9.17) is 4.74 Å². The summed E-state index contributed by atoms with van der Waals surface area (Å²) in [5.74, 6) is 0.399. The Bertz CT molecular complexity index is 462. The third kappa shape index (κ3) is 4.51.